The third-order valence-electron chi connectivity index (χ3n) is 5.19. The zero-order valence-corrected chi connectivity index (χ0v) is 19.5. The van der Waals surface area contributed by atoms with Crippen molar-refractivity contribution in [2.24, 2.45) is 4.99 Å². The second kappa shape index (κ2) is 9.52. The van der Waals surface area contributed by atoms with Crippen LogP contribution in [0.3, 0.4) is 0 Å². The summed E-state index contributed by atoms with van der Waals surface area (Å²) >= 11 is 0. The minimum atomic E-state index is -2.72. The third kappa shape index (κ3) is 5.70. The van der Waals surface area contributed by atoms with Crippen molar-refractivity contribution in [2.75, 3.05) is 6.61 Å². The topological polar surface area (TPSA) is 82.8 Å². The Bertz CT molecular complexity index is 1380. The summed E-state index contributed by atoms with van der Waals surface area (Å²) in [6.07, 6.45) is -2.17. The van der Waals surface area contributed by atoms with Gasteiger partial charge in [0.05, 0.1) is 16.8 Å². The number of alkyl halides is 2. The van der Waals surface area contributed by atoms with Crippen molar-refractivity contribution >= 4 is 28.1 Å². The van der Waals surface area contributed by atoms with Gasteiger partial charge in [-0.2, -0.15) is 5.10 Å². The lowest BCUT2D eigenvalue weighted by molar-refractivity contribution is -0.155. The standard InChI is InChI=1S/C25H24F3N3O4/c1-25(2,3)35-23(32)12-31-24(33)17-7-5-4-6-16(17)20(30-31)10-15-8-14-9-18(26)21(11-19(14)29-15)34-13-22(27)28/h4-7,9,11,22H,8,10,12-13H2,1-3H3. The van der Waals surface area contributed by atoms with Gasteiger partial charge in [-0.05, 0) is 38.5 Å². The fraction of sp³-hybridized carbons (Fsp3) is 0.360. The largest absolute Gasteiger partial charge is 0.484 e. The molecule has 0 bridgehead atoms. The quantitative estimate of drug-likeness (QED) is 0.462. The highest BCUT2D eigenvalue weighted by atomic mass is 19.3. The molecule has 2 heterocycles. The minimum absolute atomic E-state index is 0.235. The molecule has 1 aromatic heterocycles. The zero-order valence-electron chi connectivity index (χ0n) is 19.5. The Hall–Kier alpha value is -3.69. The molecule has 7 nitrogen and oxygen atoms in total. The molecule has 1 aliphatic rings. The molecular weight excluding hydrogens is 463 g/mol. The Balaban J connectivity index is 1.64. The number of aromatic nitrogens is 2. The molecule has 0 radical (unpaired) electrons. The molecule has 0 spiro atoms. The van der Waals surface area contributed by atoms with Crippen molar-refractivity contribution < 1.29 is 27.4 Å². The summed E-state index contributed by atoms with van der Waals surface area (Å²) in [6.45, 7) is 3.93. The Morgan fingerprint density at radius 3 is 2.57 bits per heavy atom. The van der Waals surface area contributed by atoms with Gasteiger partial charge in [-0.15, -0.1) is 0 Å². The molecule has 0 unspecified atom stereocenters. The van der Waals surface area contributed by atoms with E-state index in [0.717, 1.165) is 4.68 Å². The molecule has 1 aliphatic heterocycles. The molecule has 0 fully saturated rings. The normalized spacial score (nSPS) is 13.2. The Labute approximate surface area is 199 Å². The molecule has 0 saturated carbocycles. The van der Waals surface area contributed by atoms with E-state index in [0.29, 0.717) is 39.8 Å². The average molecular weight is 487 g/mol. The summed E-state index contributed by atoms with van der Waals surface area (Å²) in [7, 11) is 0. The van der Waals surface area contributed by atoms with E-state index >= 15 is 0 Å². The van der Waals surface area contributed by atoms with E-state index in [2.05, 4.69) is 10.1 Å². The number of nitrogens with zero attached hydrogens (tertiary/aromatic N) is 3. The lowest BCUT2D eigenvalue weighted by atomic mass is 10.0. The number of esters is 1. The second-order valence-corrected chi connectivity index (χ2v) is 9.19. The van der Waals surface area contributed by atoms with Crippen LogP contribution in [0.25, 0.3) is 10.8 Å². The molecule has 3 aromatic rings. The highest BCUT2D eigenvalue weighted by molar-refractivity contribution is 5.97. The van der Waals surface area contributed by atoms with Gasteiger partial charge < -0.3 is 9.47 Å². The fourth-order valence-corrected chi connectivity index (χ4v) is 3.86. The van der Waals surface area contributed by atoms with Gasteiger partial charge in [0, 0.05) is 30.0 Å². The summed E-state index contributed by atoms with van der Waals surface area (Å²) in [4.78, 5) is 29.8. The molecule has 0 N–H and O–H groups in total. The van der Waals surface area contributed by atoms with E-state index in [-0.39, 0.29) is 18.7 Å². The molecule has 0 aliphatic carbocycles. The van der Waals surface area contributed by atoms with Crippen LogP contribution in [0.2, 0.25) is 0 Å². The summed E-state index contributed by atoms with van der Waals surface area (Å²) in [5.74, 6) is -1.62. The highest BCUT2D eigenvalue weighted by Gasteiger charge is 2.23. The van der Waals surface area contributed by atoms with Crippen molar-refractivity contribution in [1.29, 1.82) is 0 Å². The van der Waals surface area contributed by atoms with Crippen LogP contribution in [0, 0.1) is 5.82 Å². The number of hydrogen-bond acceptors (Lipinski definition) is 6. The smallest absolute Gasteiger partial charge is 0.328 e. The van der Waals surface area contributed by atoms with E-state index in [9.17, 15) is 22.8 Å². The van der Waals surface area contributed by atoms with Gasteiger partial charge in [-0.25, -0.2) is 17.9 Å². The third-order valence-corrected chi connectivity index (χ3v) is 5.19. The first kappa shape index (κ1) is 24.4. The van der Waals surface area contributed by atoms with Gasteiger partial charge in [-0.1, -0.05) is 18.2 Å². The first-order chi connectivity index (χ1) is 16.5. The van der Waals surface area contributed by atoms with Gasteiger partial charge in [0.15, 0.2) is 11.6 Å². The molecule has 0 amide bonds. The van der Waals surface area contributed by atoms with Gasteiger partial charge in [0.1, 0.15) is 18.8 Å². The van der Waals surface area contributed by atoms with Crippen LogP contribution >= 0.6 is 0 Å². The predicted octanol–water partition coefficient (Wildman–Crippen LogP) is 4.39. The molecule has 0 atom stereocenters. The maximum absolute atomic E-state index is 14.3. The van der Waals surface area contributed by atoms with Gasteiger partial charge >= 0.3 is 5.97 Å². The molecule has 4 rings (SSSR count). The molecule has 184 valence electrons. The summed E-state index contributed by atoms with van der Waals surface area (Å²) in [5.41, 5.74) is 1.05. The summed E-state index contributed by atoms with van der Waals surface area (Å²) < 4.78 is 50.4. The van der Waals surface area contributed by atoms with Crippen molar-refractivity contribution in [3.05, 3.63) is 63.8 Å². The van der Waals surface area contributed by atoms with Crippen LogP contribution in [-0.2, 0) is 28.9 Å². The van der Waals surface area contributed by atoms with Crippen molar-refractivity contribution in [2.45, 2.75) is 52.2 Å². The summed E-state index contributed by atoms with van der Waals surface area (Å²) in [5, 5.41) is 5.43. The monoisotopic (exact) mass is 487 g/mol. The average Bonchev–Trinajstić information content (AvgIpc) is 3.14. The van der Waals surface area contributed by atoms with Crippen LogP contribution in [0.15, 0.2) is 46.2 Å². The van der Waals surface area contributed by atoms with E-state index in [4.69, 9.17) is 9.47 Å². The Morgan fingerprint density at radius 1 is 1.17 bits per heavy atom. The molecule has 35 heavy (non-hydrogen) atoms. The number of fused-ring (bicyclic) bond motifs is 2. The van der Waals surface area contributed by atoms with E-state index in [1.807, 2.05) is 0 Å². The number of carbonyl (C=O) groups is 1. The lowest BCUT2D eigenvalue weighted by Gasteiger charge is -2.19. The minimum Gasteiger partial charge on any atom is -0.484 e. The van der Waals surface area contributed by atoms with Crippen LogP contribution in [-0.4, -0.2) is 40.1 Å². The van der Waals surface area contributed by atoms with Crippen molar-refractivity contribution in [3.63, 3.8) is 0 Å². The van der Waals surface area contributed by atoms with Crippen LogP contribution < -0.4 is 10.3 Å². The predicted molar refractivity (Wildman–Crippen MR) is 124 cm³/mol. The molecule has 0 saturated heterocycles. The van der Waals surface area contributed by atoms with E-state index in [1.54, 1.807) is 45.0 Å². The van der Waals surface area contributed by atoms with Gasteiger partial charge in [-0.3, -0.25) is 14.6 Å². The van der Waals surface area contributed by atoms with Crippen LogP contribution in [0.1, 0.15) is 32.0 Å². The maximum Gasteiger partial charge on any atom is 0.328 e. The zero-order chi connectivity index (χ0) is 25.3. The Kier molecular flexibility index (Phi) is 6.64. The van der Waals surface area contributed by atoms with E-state index < -0.39 is 36.0 Å². The van der Waals surface area contributed by atoms with Gasteiger partial charge in [0.2, 0.25) is 0 Å². The number of halogens is 3. The van der Waals surface area contributed by atoms with Crippen LogP contribution in [0.4, 0.5) is 18.9 Å². The summed E-state index contributed by atoms with van der Waals surface area (Å²) in [6, 6.07) is 9.43. The second-order valence-electron chi connectivity index (χ2n) is 9.19. The highest BCUT2D eigenvalue weighted by Crippen LogP contribution is 2.34. The number of rotatable bonds is 7. The molecule has 10 heteroatoms. The molecule has 2 aromatic carbocycles. The lowest BCUT2D eigenvalue weighted by Crippen LogP contribution is -2.32. The number of ether oxygens (including phenoxy) is 2. The molecular formula is C25H24F3N3O4. The fourth-order valence-electron chi connectivity index (χ4n) is 3.86. The SMILES string of the molecule is CC(C)(C)OC(=O)Cn1nc(CC2=Nc3cc(OCC(F)F)c(F)cc3C2)c2ccccc2c1=O. The maximum atomic E-state index is 14.3. The Morgan fingerprint density at radius 2 is 1.89 bits per heavy atom. The van der Waals surface area contributed by atoms with Gasteiger partial charge in [0.25, 0.3) is 12.0 Å². The number of carbonyl (C=O) groups excluding carboxylic acids is 1. The van der Waals surface area contributed by atoms with Crippen molar-refractivity contribution in [1.82, 2.24) is 9.78 Å². The number of hydrogen-bond donors (Lipinski definition) is 0. The first-order valence-electron chi connectivity index (χ1n) is 11.0. The first-order valence-corrected chi connectivity index (χ1v) is 11.0. The van der Waals surface area contributed by atoms with Crippen LogP contribution in [0.5, 0.6) is 5.75 Å². The van der Waals surface area contributed by atoms with Crippen molar-refractivity contribution in [3.8, 4) is 5.75 Å². The van der Waals surface area contributed by atoms with E-state index in [1.165, 1.54) is 12.1 Å². The number of benzene rings is 2. The number of aliphatic imine (C=N–C) groups is 1.